The molecule has 2 N–H and O–H groups in total. The molecule has 0 heterocycles. The van der Waals surface area contributed by atoms with Gasteiger partial charge in [-0.3, -0.25) is 0 Å². The number of methoxy groups -OCH3 is 2. The van der Waals surface area contributed by atoms with E-state index < -0.39 is 0 Å². The fraction of sp³-hybridized carbons (Fsp3) is 0.571. The number of halogens is 1. The average molecular weight is 270 g/mol. The predicted octanol–water partition coefficient (Wildman–Crippen LogP) is 3.13. The van der Waals surface area contributed by atoms with E-state index in [-0.39, 0.29) is 5.41 Å². The normalized spacial score (nSPS) is 17.8. The summed E-state index contributed by atoms with van der Waals surface area (Å²) in [5.41, 5.74) is 7.03. The Morgan fingerprint density at radius 3 is 2.39 bits per heavy atom. The molecule has 100 valence electrons. The molecule has 1 aliphatic carbocycles. The van der Waals surface area contributed by atoms with Crippen LogP contribution in [0.5, 0.6) is 11.5 Å². The standard InChI is InChI=1S/C14H20ClNO2/c1-17-10-7-11(15)13(12(8-10)18-2)14(9-16)5-3-4-6-14/h7-8H,3-6,9,16H2,1-2H3. The van der Waals surface area contributed by atoms with Gasteiger partial charge in [-0.2, -0.15) is 0 Å². The largest absolute Gasteiger partial charge is 0.497 e. The molecule has 1 saturated carbocycles. The van der Waals surface area contributed by atoms with Gasteiger partial charge in [0.1, 0.15) is 11.5 Å². The van der Waals surface area contributed by atoms with Gasteiger partial charge in [-0.25, -0.2) is 0 Å². The first kappa shape index (κ1) is 13.5. The summed E-state index contributed by atoms with van der Waals surface area (Å²) in [6, 6.07) is 3.73. The van der Waals surface area contributed by atoms with Gasteiger partial charge in [-0.05, 0) is 18.9 Å². The molecule has 0 bridgehead atoms. The lowest BCUT2D eigenvalue weighted by atomic mass is 9.78. The number of rotatable bonds is 4. The SMILES string of the molecule is COc1cc(Cl)c(C2(CN)CCCC2)c(OC)c1. The second kappa shape index (κ2) is 5.37. The Hall–Kier alpha value is -0.930. The molecule has 18 heavy (non-hydrogen) atoms. The van der Waals surface area contributed by atoms with E-state index in [1.54, 1.807) is 14.2 Å². The van der Waals surface area contributed by atoms with E-state index in [0.717, 1.165) is 24.2 Å². The number of benzene rings is 1. The Morgan fingerprint density at radius 1 is 1.22 bits per heavy atom. The lowest BCUT2D eigenvalue weighted by molar-refractivity contribution is 0.368. The van der Waals surface area contributed by atoms with Gasteiger partial charge >= 0.3 is 0 Å². The summed E-state index contributed by atoms with van der Waals surface area (Å²) in [5.74, 6) is 1.50. The minimum atomic E-state index is -0.0330. The second-order valence-electron chi connectivity index (χ2n) is 4.88. The Morgan fingerprint density at radius 2 is 1.89 bits per heavy atom. The van der Waals surface area contributed by atoms with Crippen molar-refractivity contribution in [3.05, 3.63) is 22.7 Å². The molecule has 0 saturated heterocycles. The highest BCUT2D eigenvalue weighted by atomic mass is 35.5. The summed E-state index contributed by atoms with van der Waals surface area (Å²) in [5, 5.41) is 0.693. The molecule has 0 aliphatic heterocycles. The van der Waals surface area contributed by atoms with Crippen molar-refractivity contribution in [1.82, 2.24) is 0 Å². The zero-order valence-corrected chi connectivity index (χ0v) is 11.7. The molecule has 1 aliphatic rings. The highest BCUT2D eigenvalue weighted by Crippen LogP contribution is 2.48. The molecule has 2 rings (SSSR count). The van der Waals surface area contributed by atoms with Crippen LogP contribution in [0, 0.1) is 0 Å². The Bertz CT molecular complexity index is 428. The summed E-state index contributed by atoms with van der Waals surface area (Å²) in [6.45, 7) is 0.607. The number of hydrogen-bond acceptors (Lipinski definition) is 3. The van der Waals surface area contributed by atoms with Crippen molar-refractivity contribution >= 4 is 11.6 Å². The fourth-order valence-electron chi connectivity index (χ4n) is 2.96. The zero-order chi connectivity index (χ0) is 13.2. The smallest absolute Gasteiger partial charge is 0.127 e. The molecule has 3 nitrogen and oxygen atoms in total. The van der Waals surface area contributed by atoms with Gasteiger partial charge in [-0.1, -0.05) is 24.4 Å². The summed E-state index contributed by atoms with van der Waals surface area (Å²) < 4.78 is 10.7. The maximum Gasteiger partial charge on any atom is 0.127 e. The molecule has 0 spiro atoms. The van der Waals surface area contributed by atoms with E-state index in [9.17, 15) is 0 Å². The lowest BCUT2D eigenvalue weighted by Crippen LogP contribution is -2.32. The van der Waals surface area contributed by atoms with Crippen molar-refractivity contribution in [2.75, 3.05) is 20.8 Å². The summed E-state index contributed by atoms with van der Waals surface area (Å²) in [7, 11) is 3.28. The molecular formula is C14H20ClNO2. The Labute approximate surface area is 113 Å². The van der Waals surface area contributed by atoms with Crippen LogP contribution in [0.15, 0.2) is 12.1 Å². The number of nitrogens with two attached hydrogens (primary N) is 1. The summed E-state index contributed by atoms with van der Waals surface area (Å²) >= 11 is 6.42. The van der Waals surface area contributed by atoms with Gasteiger partial charge in [0.15, 0.2) is 0 Å². The van der Waals surface area contributed by atoms with Gasteiger partial charge in [0.25, 0.3) is 0 Å². The minimum Gasteiger partial charge on any atom is -0.497 e. The monoisotopic (exact) mass is 269 g/mol. The molecule has 0 aromatic heterocycles. The number of ether oxygens (including phenoxy) is 2. The van der Waals surface area contributed by atoms with Crippen molar-refractivity contribution < 1.29 is 9.47 Å². The van der Waals surface area contributed by atoms with Crippen molar-refractivity contribution in [1.29, 1.82) is 0 Å². The van der Waals surface area contributed by atoms with E-state index in [1.165, 1.54) is 12.8 Å². The third-order valence-corrected chi connectivity index (χ3v) is 4.26. The van der Waals surface area contributed by atoms with E-state index in [1.807, 2.05) is 12.1 Å². The topological polar surface area (TPSA) is 44.5 Å². The zero-order valence-electron chi connectivity index (χ0n) is 11.0. The van der Waals surface area contributed by atoms with Crippen LogP contribution in [0.1, 0.15) is 31.2 Å². The molecule has 1 aromatic rings. The third kappa shape index (κ3) is 2.17. The second-order valence-corrected chi connectivity index (χ2v) is 5.29. The Kier molecular flexibility index (Phi) is 4.03. The molecular weight excluding hydrogens is 250 g/mol. The molecule has 0 atom stereocenters. The first-order valence-corrected chi connectivity index (χ1v) is 6.67. The highest BCUT2D eigenvalue weighted by Gasteiger charge is 2.38. The molecule has 0 amide bonds. The van der Waals surface area contributed by atoms with Gasteiger partial charge in [0, 0.05) is 23.6 Å². The highest BCUT2D eigenvalue weighted by molar-refractivity contribution is 6.31. The van der Waals surface area contributed by atoms with Crippen molar-refractivity contribution in [2.24, 2.45) is 5.73 Å². The van der Waals surface area contributed by atoms with Crippen LogP contribution in [-0.4, -0.2) is 20.8 Å². The molecule has 4 heteroatoms. The van der Waals surface area contributed by atoms with E-state index in [4.69, 9.17) is 26.8 Å². The molecule has 1 fully saturated rings. The molecule has 0 unspecified atom stereocenters. The minimum absolute atomic E-state index is 0.0330. The quantitative estimate of drug-likeness (QED) is 0.913. The van der Waals surface area contributed by atoms with Crippen LogP contribution in [0.4, 0.5) is 0 Å². The van der Waals surface area contributed by atoms with Gasteiger partial charge in [0.2, 0.25) is 0 Å². The fourth-order valence-corrected chi connectivity index (χ4v) is 3.36. The average Bonchev–Trinajstić information content (AvgIpc) is 2.87. The van der Waals surface area contributed by atoms with E-state index in [0.29, 0.717) is 17.3 Å². The van der Waals surface area contributed by atoms with Crippen LogP contribution < -0.4 is 15.2 Å². The Balaban J connectivity index is 2.55. The first-order chi connectivity index (χ1) is 8.66. The van der Waals surface area contributed by atoms with Crippen LogP contribution in [0.25, 0.3) is 0 Å². The van der Waals surface area contributed by atoms with Crippen molar-refractivity contribution in [2.45, 2.75) is 31.1 Å². The van der Waals surface area contributed by atoms with Gasteiger partial charge in [-0.15, -0.1) is 0 Å². The first-order valence-electron chi connectivity index (χ1n) is 6.29. The van der Waals surface area contributed by atoms with Crippen LogP contribution >= 0.6 is 11.6 Å². The predicted molar refractivity (Wildman–Crippen MR) is 73.8 cm³/mol. The summed E-state index contributed by atoms with van der Waals surface area (Å²) in [6.07, 6.45) is 4.54. The van der Waals surface area contributed by atoms with Gasteiger partial charge in [0.05, 0.1) is 19.2 Å². The van der Waals surface area contributed by atoms with Crippen LogP contribution in [0.3, 0.4) is 0 Å². The van der Waals surface area contributed by atoms with Crippen molar-refractivity contribution in [3.63, 3.8) is 0 Å². The molecule has 0 radical (unpaired) electrons. The lowest BCUT2D eigenvalue weighted by Gasteiger charge is -2.30. The maximum absolute atomic E-state index is 6.42. The van der Waals surface area contributed by atoms with E-state index in [2.05, 4.69) is 0 Å². The maximum atomic E-state index is 6.42. The van der Waals surface area contributed by atoms with Gasteiger partial charge < -0.3 is 15.2 Å². The number of hydrogen-bond donors (Lipinski definition) is 1. The van der Waals surface area contributed by atoms with Crippen molar-refractivity contribution in [3.8, 4) is 11.5 Å². The van der Waals surface area contributed by atoms with Crippen LogP contribution in [-0.2, 0) is 5.41 Å². The van der Waals surface area contributed by atoms with E-state index >= 15 is 0 Å². The third-order valence-electron chi connectivity index (χ3n) is 3.96. The summed E-state index contributed by atoms with van der Waals surface area (Å²) in [4.78, 5) is 0. The van der Waals surface area contributed by atoms with Crippen LogP contribution in [0.2, 0.25) is 5.02 Å². The molecule has 1 aromatic carbocycles.